The highest BCUT2D eigenvalue weighted by Crippen LogP contribution is 2.25. The summed E-state index contributed by atoms with van der Waals surface area (Å²) in [5.41, 5.74) is 1.17. The third kappa shape index (κ3) is 4.42. The lowest BCUT2D eigenvalue weighted by Crippen LogP contribution is -2.25. The van der Waals surface area contributed by atoms with Gasteiger partial charge in [-0.05, 0) is 29.1 Å². The van der Waals surface area contributed by atoms with Crippen LogP contribution in [-0.2, 0) is 11.3 Å². The Balaban J connectivity index is 1.96. The zero-order chi connectivity index (χ0) is 19.6. The molecule has 0 saturated heterocycles. The summed E-state index contributed by atoms with van der Waals surface area (Å²) < 4.78 is 7.48. The lowest BCUT2D eigenvalue weighted by atomic mass is 9.92. The SMILES string of the molecule is COc1ccc(Cn2c(SCC(=O)C(C)(C)C)nc3ccsc3c2=O)cc1. The van der Waals surface area contributed by atoms with Crippen molar-refractivity contribution in [2.24, 2.45) is 5.41 Å². The van der Waals surface area contributed by atoms with Crippen LogP contribution < -0.4 is 10.3 Å². The average Bonchev–Trinajstić information content (AvgIpc) is 3.11. The van der Waals surface area contributed by atoms with Crippen LogP contribution in [0.5, 0.6) is 5.75 Å². The Morgan fingerprint density at radius 2 is 1.93 bits per heavy atom. The van der Waals surface area contributed by atoms with Crippen molar-refractivity contribution in [1.29, 1.82) is 0 Å². The van der Waals surface area contributed by atoms with Crippen LogP contribution in [0.2, 0.25) is 0 Å². The number of fused-ring (bicyclic) bond motifs is 1. The topological polar surface area (TPSA) is 61.2 Å². The molecule has 3 rings (SSSR count). The predicted octanol–water partition coefficient (Wildman–Crippen LogP) is 4.22. The minimum atomic E-state index is -0.416. The molecule has 2 aromatic heterocycles. The first kappa shape index (κ1) is 19.6. The minimum Gasteiger partial charge on any atom is -0.497 e. The lowest BCUT2D eigenvalue weighted by Gasteiger charge is -2.17. The number of thiophene rings is 1. The van der Waals surface area contributed by atoms with E-state index in [9.17, 15) is 9.59 Å². The Hall–Kier alpha value is -2.12. The molecule has 3 aromatic rings. The highest BCUT2D eigenvalue weighted by atomic mass is 32.2. The van der Waals surface area contributed by atoms with Gasteiger partial charge in [0, 0.05) is 5.41 Å². The normalized spacial score (nSPS) is 11.7. The number of methoxy groups -OCH3 is 1. The molecule has 0 unspecified atom stereocenters. The van der Waals surface area contributed by atoms with Crippen molar-refractivity contribution >= 4 is 39.1 Å². The summed E-state index contributed by atoms with van der Waals surface area (Å²) in [6.07, 6.45) is 0. The maximum absolute atomic E-state index is 13.0. The zero-order valence-electron chi connectivity index (χ0n) is 15.8. The van der Waals surface area contributed by atoms with Crippen molar-refractivity contribution in [1.82, 2.24) is 9.55 Å². The third-order valence-electron chi connectivity index (χ3n) is 4.20. The van der Waals surface area contributed by atoms with E-state index in [1.54, 1.807) is 11.7 Å². The molecule has 1 aromatic carbocycles. The molecule has 0 aliphatic rings. The second-order valence-corrected chi connectivity index (χ2v) is 9.09. The minimum absolute atomic E-state index is 0.0727. The number of benzene rings is 1. The van der Waals surface area contributed by atoms with Crippen molar-refractivity contribution in [2.75, 3.05) is 12.9 Å². The van der Waals surface area contributed by atoms with Crippen molar-refractivity contribution in [2.45, 2.75) is 32.5 Å². The molecule has 0 radical (unpaired) electrons. The van der Waals surface area contributed by atoms with Gasteiger partial charge in [-0.2, -0.15) is 0 Å². The van der Waals surface area contributed by atoms with E-state index in [1.807, 2.05) is 56.5 Å². The van der Waals surface area contributed by atoms with Crippen LogP contribution in [0.4, 0.5) is 0 Å². The predicted molar refractivity (Wildman–Crippen MR) is 111 cm³/mol. The molecule has 0 bridgehead atoms. The summed E-state index contributed by atoms with van der Waals surface area (Å²) in [5, 5.41) is 2.44. The first-order valence-electron chi connectivity index (χ1n) is 8.56. The average molecular weight is 403 g/mol. The van der Waals surface area contributed by atoms with Gasteiger partial charge in [-0.15, -0.1) is 11.3 Å². The van der Waals surface area contributed by atoms with Gasteiger partial charge in [0.1, 0.15) is 16.2 Å². The summed E-state index contributed by atoms with van der Waals surface area (Å²) in [5.74, 6) is 1.18. The molecule has 7 heteroatoms. The summed E-state index contributed by atoms with van der Waals surface area (Å²) in [7, 11) is 1.62. The van der Waals surface area contributed by atoms with E-state index < -0.39 is 5.41 Å². The number of Topliss-reactive ketones (excluding diaryl/α,β-unsaturated/α-hetero) is 1. The van der Waals surface area contributed by atoms with E-state index in [4.69, 9.17) is 4.74 Å². The fraction of sp³-hybridized carbons (Fsp3) is 0.350. The fourth-order valence-electron chi connectivity index (χ4n) is 2.43. The van der Waals surface area contributed by atoms with Crippen LogP contribution in [0.25, 0.3) is 10.2 Å². The van der Waals surface area contributed by atoms with Crippen LogP contribution in [-0.4, -0.2) is 28.2 Å². The van der Waals surface area contributed by atoms with Gasteiger partial charge < -0.3 is 4.74 Å². The number of nitrogens with zero attached hydrogens (tertiary/aromatic N) is 2. The summed E-state index contributed by atoms with van der Waals surface area (Å²) >= 11 is 2.71. The number of hydrogen-bond acceptors (Lipinski definition) is 6. The lowest BCUT2D eigenvalue weighted by molar-refractivity contribution is -0.123. The third-order valence-corrected chi connectivity index (χ3v) is 6.07. The smallest absolute Gasteiger partial charge is 0.272 e. The summed E-state index contributed by atoms with van der Waals surface area (Å²) in [6.45, 7) is 6.09. The fourth-order valence-corrected chi connectivity index (χ4v) is 4.37. The molecule has 5 nitrogen and oxygen atoms in total. The molecule has 2 heterocycles. The maximum Gasteiger partial charge on any atom is 0.272 e. The molecule has 0 aliphatic heterocycles. The van der Waals surface area contributed by atoms with Gasteiger partial charge >= 0.3 is 0 Å². The summed E-state index contributed by atoms with van der Waals surface area (Å²) in [6, 6.07) is 9.44. The Morgan fingerprint density at radius 1 is 1.22 bits per heavy atom. The molecule has 0 atom stereocenters. The van der Waals surface area contributed by atoms with E-state index in [1.165, 1.54) is 23.1 Å². The van der Waals surface area contributed by atoms with Gasteiger partial charge in [-0.1, -0.05) is 44.7 Å². The Bertz CT molecular complexity index is 1010. The van der Waals surface area contributed by atoms with Crippen LogP contribution in [0.3, 0.4) is 0 Å². The molecule has 0 saturated carbocycles. The van der Waals surface area contributed by atoms with Crippen molar-refractivity contribution in [3.8, 4) is 5.75 Å². The Kier molecular flexibility index (Phi) is 5.72. The van der Waals surface area contributed by atoms with E-state index in [0.717, 1.165) is 11.3 Å². The van der Waals surface area contributed by atoms with Crippen molar-refractivity contribution in [3.63, 3.8) is 0 Å². The maximum atomic E-state index is 13.0. The van der Waals surface area contributed by atoms with Gasteiger partial charge in [0.25, 0.3) is 5.56 Å². The highest BCUT2D eigenvalue weighted by Gasteiger charge is 2.22. The second-order valence-electron chi connectivity index (χ2n) is 7.23. The van der Waals surface area contributed by atoms with Gasteiger partial charge in [0.2, 0.25) is 0 Å². The summed E-state index contributed by atoms with van der Waals surface area (Å²) in [4.78, 5) is 30.0. The monoisotopic (exact) mass is 402 g/mol. The molecular formula is C20H22N2O3S2. The molecule has 0 fully saturated rings. The van der Waals surface area contributed by atoms with E-state index in [2.05, 4.69) is 4.98 Å². The van der Waals surface area contributed by atoms with E-state index in [-0.39, 0.29) is 17.1 Å². The quantitative estimate of drug-likeness (QED) is 0.456. The van der Waals surface area contributed by atoms with Crippen LogP contribution >= 0.6 is 23.1 Å². The van der Waals surface area contributed by atoms with Crippen LogP contribution in [0, 0.1) is 5.41 Å². The molecule has 0 N–H and O–H groups in total. The zero-order valence-corrected chi connectivity index (χ0v) is 17.4. The van der Waals surface area contributed by atoms with E-state index >= 15 is 0 Å². The Morgan fingerprint density at radius 3 is 2.56 bits per heavy atom. The molecule has 0 aliphatic carbocycles. The standard InChI is InChI=1S/C20H22N2O3S2/c1-20(2,3)16(23)12-27-19-21-15-9-10-26-17(15)18(24)22(19)11-13-5-7-14(25-4)8-6-13/h5-10H,11-12H2,1-4H3. The second kappa shape index (κ2) is 7.86. The number of carbonyl (C=O) groups excluding carboxylic acids is 1. The first-order chi connectivity index (χ1) is 12.8. The number of aromatic nitrogens is 2. The van der Waals surface area contributed by atoms with E-state index in [0.29, 0.717) is 21.9 Å². The largest absolute Gasteiger partial charge is 0.497 e. The number of rotatable bonds is 6. The van der Waals surface area contributed by atoms with Gasteiger partial charge in [-0.25, -0.2) is 4.98 Å². The van der Waals surface area contributed by atoms with Crippen LogP contribution in [0.15, 0.2) is 45.7 Å². The van der Waals surface area contributed by atoms with Crippen molar-refractivity contribution in [3.05, 3.63) is 51.6 Å². The number of thioether (sulfide) groups is 1. The number of ether oxygens (including phenoxy) is 1. The molecule has 0 amide bonds. The number of ketones is 1. The van der Waals surface area contributed by atoms with Crippen molar-refractivity contribution < 1.29 is 9.53 Å². The molecule has 0 spiro atoms. The first-order valence-corrected chi connectivity index (χ1v) is 10.4. The number of carbonyl (C=O) groups is 1. The van der Waals surface area contributed by atoms with Gasteiger partial charge in [0.05, 0.1) is 24.9 Å². The highest BCUT2D eigenvalue weighted by molar-refractivity contribution is 7.99. The van der Waals surface area contributed by atoms with Gasteiger partial charge in [0.15, 0.2) is 5.16 Å². The number of hydrogen-bond donors (Lipinski definition) is 0. The van der Waals surface area contributed by atoms with Gasteiger partial charge in [-0.3, -0.25) is 14.2 Å². The molecule has 142 valence electrons. The Labute approximate surface area is 166 Å². The van der Waals surface area contributed by atoms with Crippen LogP contribution in [0.1, 0.15) is 26.3 Å². The molecule has 27 heavy (non-hydrogen) atoms. The molecular weight excluding hydrogens is 380 g/mol.